The number of ether oxygens (including phenoxy) is 2. The second-order valence-electron chi connectivity index (χ2n) is 4.40. The molecule has 1 unspecified atom stereocenters. The molecule has 19 heavy (non-hydrogen) atoms. The van der Waals surface area contributed by atoms with E-state index in [1.165, 1.54) is 0 Å². The van der Waals surface area contributed by atoms with E-state index in [0.29, 0.717) is 18.9 Å². The van der Waals surface area contributed by atoms with Gasteiger partial charge in [-0.2, -0.15) is 0 Å². The van der Waals surface area contributed by atoms with Gasteiger partial charge in [-0.25, -0.2) is 0 Å². The summed E-state index contributed by atoms with van der Waals surface area (Å²) >= 11 is 0. The zero-order chi connectivity index (χ0) is 14.1. The van der Waals surface area contributed by atoms with Gasteiger partial charge in [-0.05, 0) is 37.6 Å². The van der Waals surface area contributed by atoms with Gasteiger partial charge in [-0.3, -0.25) is 4.79 Å². The van der Waals surface area contributed by atoms with Crippen molar-refractivity contribution in [3.63, 3.8) is 0 Å². The van der Waals surface area contributed by atoms with E-state index in [0.717, 1.165) is 12.0 Å². The smallest absolute Gasteiger partial charge is 0.258 e. The van der Waals surface area contributed by atoms with E-state index in [-0.39, 0.29) is 18.6 Å². The number of rotatable bonds is 8. The fourth-order valence-corrected chi connectivity index (χ4v) is 1.68. The van der Waals surface area contributed by atoms with Crippen molar-refractivity contribution in [1.82, 2.24) is 5.32 Å². The molecule has 0 spiro atoms. The fraction of sp³-hybridized carbons (Fsp3) is 0.500. The molecule has 1 aromatic carbocycles. The van der Waals surface area contributed by atoms with Gasteiger partial charge in [0.05, 0.1) is 6.61 Å². The highest BCUT2D eigenvalue weighted by atomic mass is 16.5. The number of nitrogens with one attached hydrogen (secondary N) is 1. The second-order valence-corrected chi connectivity index (χ2v) is 4.40. The Morgan fingerprint density at radius 1 is 1.37 bits per heavy atom. The van der Waals surface area contributed by atoms with Crippen LogP contribution in [0.25, 0.3) is 0 Å². The maximum atomic E-state index is 11.6. The summed E-state index contributed by atoms with van der Waals surface area (Å²) in [5.41, 5.74) is 6.63. The van der Waals surface area contributed by atoms with E-state index in [1.54, 1.807) is 7.11 Å². The van der Waals surface area contributed by atoms with Gasteiger partial charge in [0.25, 0.3) is 5.91 Å². The minimum Gasteiger partial charge on any atom is -0.484 e. The highest BCUT2D eigenvalue weighted by Gasteiger charge is 2.07. The van der Waals surface area contributed by atoms with E-state index in [2.05, 4.69) is 5.32 Å². The Hall–Kier alpha value is -1.59. The van der Waals surface area contributed by atoms with Gasteiger partial charge < -0.3 is 20.5 Å². The van der Waals surface area contributed by atoms with E-state index in [4.69, 9.17) is 15.2 Å². The minimum absolute atomic E-state index is 0.00426. The molecule has 0 aliphatic carbocycles. The van der Waals surface area contributed by atoms with Crippen molar-refractivity contribution in [3.05, 3.63) is 29.8 Å². The first-order valence-corrected chi connectivity index (χ1v) is 6.35. The van der Waals surface area contributed by atoms with Gasteiger partial charge in [0.1, 0.15) is 5.75 Å². The number of hydrogen-bond acceptors (Lipinski definition) is 4. The molecule has 1 amide bonds. The summed E-state index contributed by atoms with van der Waals surface area (Å²) in [6, 6.07) is 7.57. The first-order valence-electron chi connectivity index (χ1n) is 6.35. The van der Waals surface area contributed by atoms with Crippen LogP contribution in [0.2, 0.25) is 0 Å². The van der Waals surface area contributed by atoms with Crippen molar-refractivity contribution in [2.75, 3.05) is 26.9 Å². The molecule has 106 valence electrons. The Bertz CT molecular complexity index is 379. The molecular formula is C14H22N2O3. The van der Waals surface area contributed by atoms with Crippen LogP contribution in [0.1, 0.15) is 12.5 Å². The van der Waals surface area contributed by atoms with Crippen LogP contribution in [0.15, 0.2) is 24.3 Å². The Morgan fingerprint density at radius 3 is 2.63 bits per heavy atom. The molecule has 0 fully saturated rings. The van der Waals surface area contributed by atoms with Crippen molar-refractivity contribution in [3.8, 4) is 5.75 Å². The van der Waals surface area contributed by atoms with Crippen molar-refractivity contribution < 1.29 is 14.3 Å². The Labute approximate surface area is 114 Å². The molecule has 0 aliphatic rings. The maximum absolute atomic E-state index is 11.6. The van der Waals surface area contributed by atoms with Crippen LogP contribution in [-0.2, 0) is 16.0 Å². The average Bonchev–Trinajstić information content (AvgIpc) is 2.38. The monoisotopic (exact) mass is 266 g/mol. The number of carbonyl (C=O) groups excluding carboxylic acids is 1. The van der Waals surface area contributed by atoms with Crippen LogP contribution in [0.4, 0.5) is 0 Å². The number of benzene rings is 1. The highest BCUT2D eigenvalue weighted by molar-refractivity contribution is 5.77. The first-order chi connectivity index (χ1) is 9.15. The number of amides is 1. The quantitative estimate of drug-likeness (QED) is 0.727. The van der Waals surface area contributed by atoms with Gasteiger partial charge >= 0.3 is 0 Å². The second kappa shape index (κ2) is 8.50. The maximum Gasteiger partial charge on any atom is 0.258 e. The van der Waals surface area contributed by atoms with E-state index in [1.807, 2.05) is 31.2 Å². The zero-order valence-electron chi connectivity index (χ0n) is 11.5. The van der Waals surface area contributed by atoms with Crippen molar-refractivity contribution in [2.24, 2.45) is 5.73 Å². The normalized spacial score (nSPS) is 11.9. The molecule has 1 aromatic rings. The Balaban J connectivity index is 2.33. The van der Waals surface area contributed by atoms with E-state index < -0.39 is 0 Å². The molecule has 1 rings (SSSR count). The van der Waals surface area contributed by atoms with Gasteiger partial charge in [-0.1, -0.05) is 12.1 Å². The van der Waals surface area contributed by atoms with Crippen molar-refractivity contribution in [2.45, 2.75) is 19.4 Å². The number of hydrogen-bond donors (Lipinski definition) is 2. The minimum atomic E-state index is -0.157. The lowest BCUT2D eigenvalue weighted by atomic mass is 10.1. The van der Waals surface area contributed by atoms with Crippen LogP contribution in [-0.4, -0.2) is 38.8 Å². The topological polar surface area (TPSA) is 73.6 Å². The molecule has 0 saturated carbocycles. The number of carbonyl (C=O) groups is 1. The van der Waals surface area contributed by atoms with Crippen LogP contribution in [0, 0.1) is 0 Å². The summed E-state index contributed by atoms with van der Waals surface area (Å²) < 4.78 is 10.3. The fourth-order valence-electron chi connectivity index (χ4n) is 1.68. The van der Waals surface area contributed by atoms with Crippen molar-refractivity contribution in [1.29, 1.82) is 0 Å². The lowest BCUT2D eigenvalue weighted by molar-refractivity contribution is -0.124. The molecular weight excluding hydrogens is 244 g/mol. The first kappa shape index (κ1) is 15.5. The molecule has 5 heteroatoms. The molecule has 5 nitrogen and oxygen atoms in total. The largest absolute Gasteiger partial charge is 0.484 e. The van der Waals surface area contributed by atoms with E-state index in [9.17, 15) is 4.79 Å². The molecule has 0 radical (unpaired) electrons. The third-order valence-electron chi connectivity index (χ3n) is 2.55. The van der Waals surface area contributed by atoms with Gasteiger partial charge in [0, 0.05) is 13.2 Å². The van der Waals surface area contributed by atoms with Gasteiger partial charge in [-0.15, -0.1) is 0 Å². The molecule has 1 atom stereocenters. The van der Waals surface area contributed by atoms with Crippen LogP contribution >= 0.6 is 0 Å². The Kier molecular flexibility index (Phi) is 6.92. The zero-order valence-corrected chi connectivity index (χ0v) is 11.5. The van der Waals surface area contributed by atoms with E-state index >= 15 is 0 Å². The van der Waals surface area contributed by atoms with Crippen molar-refractivity contribution >= 4 is 5.91 Å². The van der Waals surface area contributed by atoms with Crippen LogP contribution in [0.3, 0.4) is 0 Å². The molecule has 0 saturated heterocycles. The summed E-state index contributed by atoms with van der Waals surface area (Å²) in [5, 5.41) is 2.78. The molecule has 0 heterocycles. The number of methoxy groups -OCH3 is 1. The average molecular weight is 266 g/mol. The summed E-state index contributed by atoms with van der Waals surface area (Å²) in [6.45, 7) is 2.99. The number of nitrogens with two attached hydrogens (primary N) is 1. The summed E-state index contributed by atoms with van der Waals surface area (Å²) in [7, 11) is 1.60. The summed E-state index contributed by atoms with van der Waals surface area (Å²) in [4.78, 5) is 11.6. The predicted molar refractivity (Wildman–Crippen MR) is 74.2 cm³/mol. The molecule has 0 aromatic heterocycles. The Morgan fingerprint density at radius 2 is 2.05 bits per heavy atom. The van der Waals surface area contributed by atoms with Crippen LogP contribution in [0.5, 0.6) is 5.75 Å². The highest BCUT2D eigenvalue weighted by Crippen LogP contribution is 2.12. The lowest BCUT2D eigenvalue weighted by Crippen LogP contribution is -2.38. The van der Waals surface area contributed by atoms with Crippen LogP contribution < -0.4 is 15.8 Å². The molecule has 0 bridgehead atoms. The third-order valence-corrected chi connectivity index (χ3v) is 2.55. The van der Waals surface area contributed by atoms with Gasteiger partial charge in [0.15, 0.2) is 6.61 Å². The predicted octanol–water partition coefficient (Wildman–Crippen LogP) is 0.718. The van der Waals surface area contributed by atoms with Gasteiger partial charge in [0.2, 0.25) is 0 Å². The standard InChI is InChI=1S/C14H22N2O3/c1-11(9-18-2)16-14(17)10-19-13-5-3-12(4-6-13)7-8-15/h3-6,11H,7-10,15H2,1-2H3,(H,16,17). The molecule has 0 aliphatic heterocycles. The summed E-state index contributed by atoms with van der Waals surface area (Å²) in [6.07, 6.45) is 0.843. The molecule has 3 N–H and O–H groups in total. The SMILES string of the molecule is COCC(C)NC(=O)COc1ccc(CCN)cc1. The third kappa shape index (κ3) is 6.22. The summed E-state index contributed by atoms with van der Waals surface area (Å²) in [5.74, 6) is 0.519. The lowest BCUT2D eigenvalue weighted by Gasteiger charge is -2.13.